The molecule has 2 aliphatic carbocycles. The van der Waals surface area contributed by atoms with Gasteiger partial charge in [-0.25, -0.2) is 0 Å². The van der Waals surface area contributed by atoms with Crippen LogP contribution in [0.15, 0.2) is 24.3 Å². The van der Waals surface area contributed by atoms with Gasteiger partial charge in [0.1, 0.15) is 0 Å². The number of carbonyl (C=O) groups is 1. The Balaban J connectivity index is 1.76. The summed E-state index contributed by atoms with van der Waals surface area (Å²) >= 11 is 0. The average molecular weight is 256 g/mol. The van der Waals surface area contributed by atoms with Crippen molar-refractivity contribution in [2.75, 3.05) is 0 Å². The molecule has 2 fully saturated rings. The van der Waals surface area contributed by atoms with Gasteiger partial charge in [-0.2, -0.15) is 0 Å². The lowest BCUT2D eigenvalue weighted by atomic mass is 9.83. The summed E-state index contributed by atoms with van der Waals surface area (Å²) in [6.07, 6.45) is 11.3. The van der Waals surface area contributed by atoms with Crippen LogP contribution < -0.4 is 0 Å². The summed E-state index contributed by atoms with van der Waals surface area (Å²) in [5, 5.41) is 0. The van der Waals surface area contributed by atoms with Crippen molar-refractivity contribution in [1.82, 2.24) is 0 Å². The van der Waals surface area contributed by atoms with E-state index >= 15 is 0 Å². The summed E-state index contributed by atoms with van der Waals surface area (Å²) in [4.78, 5) is 12.6. The fraction of sp³-hybridized carbons (Fsp3) is 0.611. The van der Waals surface area contributed by atoms with E-state index in [4.69, 9.17) is 0 Å². The Kier molecular flexibility index (Phi) is 4.00. The SMILES string of the molecule is O=C(c1cccc(C2CCCC2)c1)C1CCCCC1. The van der Waals surface area contributed by atoms with E-state index in [2.05, 4.69) is 18.2 Å². The van der Waals surface area contributed by atoms with Gasteiger partial charge in [0.05, 0.1) is 0 Å². The molecule has 1 aromatic carbocycles. The topological polar surface area (TPSA) is 17.1 Å². The smallest absolute Gasteiger partial charge is 0.165 e. The first kappa shape index (κ1) is 12.9. The second-order valence-electron chi connectivity index (χ2n) is 6.31. The van der Waals surface area contributed by atoms with E-state index in [1.165, 1.54) is 50.5 Å². The van der Waals surface area contributed by atoms with Crippen LogP contribution in [0.1, 0.15) is 79.6 Å². The minimum absolute atomic E-state index is 0.299. The monoisotopic (exact) mass is 256 g/mol. The van der Waals surface area contributed by atoms with Crippen molar-refractivity contribution in [1.29, 1.82) is 0 Å². The fourth-order valence-corrected chi connectivity index (χ4v) is 3.81. The van der Waals surface area contributed by atoms with Crippen LogP contribution in [0.4, 0.5) is 0 Å². The third-order valence-electron chi connectivity index (χ3n) is 4.97. The zero-order valence-corrected chi connectivity index (χ0v) is 11.7. The Labute approximate surface area is 116 Å². The zero-order valence-electron chi connectivity index (χ0n) is 11.7. The van der Waals surface area contributed by atoms with E-state index in [1.54, 1.807) is 0 Å². The van der Waals surface area contributed by atoms with Gasteiger partial charge in [-0.15, -0.1) is 0 Å². The number of hydrogen-bond donors (Lipinski definition) is 0. The van der Waals surface area contributed by atoms with Crippen molar-refractivity contribution in [3.63, 3.8) is 0 Å². The van der Waals surface area contributed by atoms with Gasteiger partial charge in [0, 0.05) is 11.5 Å². The fourth-order valence-electron chi connectivity index (χ4n) is 3.81. The maximum absolute atomic E-state index is 12.6. The van der Waals surface area contributed by atoms with Crippen LogP contribution in [0, 0.1) is 5.92 Å². The van der Waals surface area contributed by atoms with E-state index in [0.717, 1.165) is 18.4 Å². The summed E-state index contributed by atoms with van der Waals surface area (Å²) in [7, 11) is 0. The molecule has 0 unspecified atom stereocenters. The normalized spacial score (nSPS) is 21.7. The third-order valence-corrected chi connectivity index (χ3v) is 4.97. The predicted molar refractivity (Wildman–Crippen MR) is 78.6 cm³/mol. The molecular weight excluding hydrogens is 232 g/mol. The van der Waals surface area contributed by atoms with Gasteiger partial charge in [0.25, 0.3) is 0 Å². The molecule has 102 valence electrons. The van der Waals surface area contributed by atoms with E-state index in [9.17, 15) is 4.79 Å². The molecule has 19 heavy (non-hydrogen) atoms. The first-order valence-corrected chi connectivity index (χ1v) is 7.99. The van der Waals surface area contributed by atoms with Gasteiger partial charge >= 0.3 is 0 Å². The van der Waals surface area contributed by atoms with Gasteiger partial charge < -0.3 is 0 Å². The van der Waals surface area contributed by atoms with Crippen molar-refractivity contribution in [3.05, 3.63) is 35.4 Å². The minimum atomic E-state index is 0.299. The molecule has 0 N–H and O–H groups in total. The molecule has 0 spiro atoms. The van der Waals surface area contributed by atoms with E-state index in [0.29, 0.717) is 17.6 Å². The summed E-state index contributed by atoms with van der Waals surface area (Å²) in [5.74, 6) is 1.41. The van der Waals surface area contributed by atoms with Crippen LogP contribution in [0.2, 0.25) is 0 Å². The highest BCUT2D eigenvalue weighted by Gasteiger charge is 2.23. The molecule has 1 nitrogen and oxygen atoms in total. The van der Waals surface area contributed by atoms with Crippen LogP contribution in [0.25, 0.3) is 0 Å². The van der Waals surface area contributed by atoms with Crippen LogP contribution in [0.5, 0.6) is 0 Å². The molecule has 1 aromatic rings. The Bertz CT molecular complexity index is 437. The summed E-state index contributed by atoms with van der Waals surface area (Å²) in [5.41, 5.74) is 2.37. The largest absolute Gasteiger partial charge is 0.294 e. The van der Waals surface area contributed by atoms with Gasteiger partial charge in [0.2, 0.25) is 0 Å². The number of carbonyl (C=O) groups excluding carboxylic acids is 1. The number of benzene rings is 1. The van der Waals surface area contributed by atoms with Gasteiger partial charge in [-0.3, -0.25) is 4.79 Å². The zero-order chi connectivity index (χ0) is 13.1. The van der Waals surface area contributed by atoms with Gasteiger partial charge in [-0.1, -0.05) is 50.3 Å². The maximum Gasteiger partial charge on any atom is 0.165 e. The first-order valence-electron chi connectivity index (χ1n) is 7.99. The summed E-state index contributed by atoms with van der Waals surface area (Å²) in [6, 6.07) is 8.51. The maximum atomic E-state index is 12.6. The average Bonchev–Trinajstić information content (AvgIpc) is 3.02. The van der Waals surface area contributed by atoms with Crippen LogP contribution in [0.3, 0.4) is 0 Å². The van der Waals surface area contributed by atoms with Crippen molar-refractivity contribution in [2.45, 2.75) is 63.7 Å². The number of hydrogen-bond acceptors (Lipinski definition) is 1. The molecule has 1 heteroatoms. The van der Waals surface area contributed by atoms with E-state index in [1.807, 2.05) is 6.07 Å². The Morgan fingerprint density at radius 1 is 0.895 bits per heavy atom. The quantitative estimate of drug-likeness (QED) is 0.687. The lowest BCUT2D eigenvalue weighted by molar-refractivity contribution is 0.0889. The lowest BCUT2D eigenvalue weighted by Crippen LogP contribution is -2.18. The highest BCUT2D eigenvalue weighted by atomic mass is 16.1. The van der Waals surface area contributed by atoms with Gasteiger partial charge in [-0.05, 0) is 43.2 Å². The summed E-state index contributed by atoms with van der Waals surface area (Å²) in [6.45, 7) is 0. The molecule has 0 aliphatic heterocycles. The number of Topliss-reactive ketones (excluding diaryl/α,β-unsaturated/α-hetero) is 1. The standard InChI is InChI=1S/C18H24O/c19-18(15-9-2-1-3-10-15)17-12-6-11-16(13-17)14-7-4-5-8-14/h6,11-15H,1-5,7-10H2. The highest BCUT2D eigenvalue weighted by Crippen LogP contribution is 2.35. The number of ketones is 1. The molecule has 3 rings (SSSR count). The van der Waals surface area contributed by atoms with Crippen molar-refractivity contribution in [3.8, 4) is 0 Å². The molecule has 0 atom stereocenters. The summed E-state index contributed by atoms with van der Waals surface area (Å²) < 4.78 is 0. The van der Waals surface area contributed by atoms with Crippen molar-refractivity contribution < 1.29 is 4.79 Å². The van der Waals surface area contributed by atoms with Crippen LogP contribution >= 0.6 is 0 Å². The van der Waals surface area contributed by atoms with Crippen LogP contribution in [-0.4, -0.2) is 5.78 Å². The Morgan fingerprint density at radius 2 is 1.58 bits per heavy atom. The van der Waals surface area contributed by atoms with Crippen molar-refractivity contribution >= 4 is 5.78 Å². The van der Waals surface area contributed by atoms with E-state index < -0.39 is 0 Å². The lowest BCUT2D eigenvalue weighted by Gasteiger charge is -2.21. The van der Waals surface area contributed by atoms with Gasteiger partial charge in [0.15, 0.2) is 5.78 Å². The van der Waals surface area contributed by atoms with E-state index in [-0.39, 0.29) is 0 Å². The minimum Gasteiger partial charge on any atom is -0.294 e. The Morgan fingerprint density at radius 3 is 2.32 bits per heavy atom. The third kappa shape index (κ3) is 2.91. The molecule has 2 aliphatic rings. The molecule has 0 radical (unpaired) electrons. The molecule has 0 heterocycles. The highest BCUT2D eigenvalue weighted by molar-refractivity contribution is 5.98. The first-order chi connectivity index (χ1) is 9.34. The number of rotatable bonds is 3. The van der Waals surface area contributed by atoms with Crippen molar-refractivity contribution in [2.24, 2.45) is 5.92 Å². The molecule has 2 saturated carbocycles. The molecule has 0 saturated heterocycles. The second kappa shape index (κ2) is 5.90. The predicted octanol–water partition coefficient (Wildman–Crippen LogP) is 5.11. The molecule has 0 amide bonds. The molecule has 0 aromatic heterocycles. The van der Waals surface area contributed by atoms with Crippen LogP contribution in [-0.2, 0) is 0 Å². The Hall–Kier alpha value is -1.11. The molecule has 0 bridgehead atoms. The second-order valence-corrected chi connectivity index (χ2v) is 6.31. The molecular formula is C18H24O.